The Labute approximate surface area is 151 Å². The highest BCUT2D eigenvalue weighted by Crippen LogP contribution is 2.11. The number of para-hydroxylation sites is 1. The van der Waals surface area contributed by atoms with Gasteiger partial charge < -0.3 is 15.5 Å². The predicted molar refractivity (Wildman–Crippen MR) is 100 cm³/mol. The molecule has 0 radical (unpaired) electrons. The van der Waals surface area contributed by atoms with Gasteiger partial charge in [-0.25, -0.2) is 4.79 Å². The minimum atomic E-state index is -0.197. The van der Waals surface area contributed by atoms with E-state index in [9.17, 15) is 9.59 Å². The monoisotopic (exact) mass is 358 g/mol. The van der Waals surface area contributed by atoms with E-state index < -0.39 is 0 Å². The van der Waals surface area contributed by atoms with Crippen molar-refractivity contribution in [1.29, 1.82) is 0 Å². The number of carbonyl (C=O) groups is 2. The summed E-state index contributed by atoms with van der Waals surface area (Å²) in [4.78, 5) is 28.3. The van der Waals surface area contributed by atoms with Crippen LogP contribution in [0.3, 0.4) is 0 Å². The number of carbonyl (C=O) groups excluding carboxylic acids is 2. The number of nitrogens with one attached hydrogen (secondary N) is 2. The summed E-state index contributed by atoms with van der Waals surface area (Å²) < 4.78 is 0. The second-order valence-corrected chi connectivity index (χ2v) is 6.67. The summed E-state index contributed by atoms with van der Waals surface area (Å²) in [6.07, 6.45) is 0. The van der Waals surface area contributed by atoms with E-state index in [1.165, 1.54) is 0 Å². The van der Waals surface area contributed by atoms with Crippen LogP contribution in [0.1, 0.15) is 10.4 Å². The Morgan fingerprint density at radius 2 is 1.80 bits per heavy atom. The van der Waals surface area contributed by atoms with Gasteiger partial charge in [0.15, 0.2) is 0 Å². The van der Waals surface area contributed by atoms with Gasteiger partial charge in [0.1, 0.15) is 0 Å². The molecule has 1 aromatic carbocycles. The van der Waals surface area contributed by atoms with Crippen LogP contribution in [0.2, 0.25) is 0 Å². The van der Waals surface area contributed by atoms with Crippen LogP contribution in [0.25, 0.3) is 0 Å². The molecule has 1 aromatic heterocycles. The highest BCUT2D eigenvalue weighted by Gasteiger charge is 2.22. The fourth-order valence-electron chi connectivity index (χ4n) is 2.77. The lowest BCUT2D eigenvalue weighted by atomic mass is 10.2. The van der Waals surface area contributed by atoms with Crippen LogP contribution in [-0.4, -0.2) is 61.0 Å². The Bertz CT molecular complexity index is 682. The number of rotatable bonds is 5. The highest BCUT2D eigenvalue weighted by atomic mass is 32.1. The van der Waals surface area contributed by atoms with E-state index in [0.717, 1.165) is 44.0 Å². The van der Waals surface area contributed by atoms with E-state index in [1.54, 1.807) is 11.3 Å². The van der Waals surface area contributed by atoms with Crippen LogP contribution in [0.15, 0.2) is 47.2 Å². The topological polar surface area (TPSA) is 64.7 Å². The molecule has 0 aliphatic carbocycles. The zero-order valence-corrected chi connectivity index (χ0v) is 14.8. The Morgan fingerprint density at radius 3 is 2.48 bits per heavy atom. The van der Waals surface area contributed by atoms with Crippen molar-refractivity contribution in [3.63, 3.8) is 0 Å². The smallest absolute Gasteiger partial charge is 0.319 e. The third-order valence-electron chi connectivity index (χ3n) is 4.17. The molecule has 25 heavy (non-hydrogen) atoms. The summed E-state index contributed by atoms with van der Waals surface area (Å²) in [6.45, 7) is 4.48. The normalized spacial score (nSPS) is 15.0. The molecule has 1 saturated heterocycles. The van der Waals surface area contributed by atoms with Gasteiger partial charge in [0.2, 0.25) is 0 Å². The van der Waals surface area contributed by atoms with Gasteiger partial charge in [0, 0.05) is 50.3 Å². The van der Waals surface area contributed by atoms with Gasteiger partial charge in [0.05, 0.1) is 5.56 Å². The van der Waals surface area contributed by atoms with Crippen LogP contribution < -0.4 is 10.6 Å². The first-order valence-electron chi connectivity index (χ1n) is 8.36. The number of amides is 3. The first-order valence-corrected chi connectivity index (χ1v) is 9.30. The molecule has 0 bridgehead atoms. The summed E-state index contributed by atoms with van der Waals surface area (Å²) in [5.41, 5.74) is 1.55. The number of benzene rings is 1. The van der Waals surface area contributed by atoms with Crippen LogP contribution >= 0.6 is 11.3 Å². The third kappa shape index (κ3) is 5.04. The molecule has 1 aliphatic rings. The van der Waals surface area contributed by atoms with Crippen molar-refractivity contribution in [1.82, 2.24) is 15.1 Å². The van der Waals surface area contributed by atoms with E-state index in [4.69, 9.17) is 0 Å². The molecule has 2 N–H and O–H groups in total. The number of hydrogen-bond acceptors (Lipinski definition) is 4. The van der Waals surface area contributed by atoms with E-state index in [-0.39, 0.29) is 11.9 Å². The standard InChI is InChI=1S/C18H22N4O2S/c23-17(15-6-13-25-14-15)22-11-9-21(10-12-22)8-7-19-18(24)20-16-4-2-1-3-5-16/h1-6,13-14H,7-12H2,(H2,19,20,24). The lowest BCUT2D eigenvalue weighted by Gasteiger charge is -2.34. The molecular weight excluding hydrogens is 336 g/mol. The van der Waals surface area contributed by atoms with Crippen molar-refractivity contribution in [2.24, 2.45) is 0 Å². The summed E-state index contributed by atoms with van der Waals surface area (Å²) in [6, 6.07) is 11.0. The van der Waals surface area contributed by atoms with Gasteiger partial charge >= 0.3 is 6.03 Å². The molecule has 3 rings (SSSR count). The first-order chi connectivity index (χ1) is 12.2. The van der Waals surface area contributed by atoms with Gasteiger partial charge in [-0.05, 0) is 23.6 Å². The van der Waals surface area contributed by atoms with Crippen molar-refractivity contribution < 1.29 is 9.59 Å². The largest absolute Gasteiger partial charge is 0.337 e. The molecule has 7 heteroatoms. The van der Waals surface area contributed by atoms with Crippen LogP contribution in [0, 0.1) is 0 Å². The fourth-order valence-corrected chi connectivity index (χ4v) is 3.40. The third-order valence-corrected chi connectivity index (χ3v) is 4.86. The highest BCUT2D eigenvalue weighted by molar-refractivity contribution is 7.08. The van der Waals surface area contributed by atoms with E-state index >= 15 is 0 Å². The summed E-state index contributed by atoms with van der Waals surface area (Å²) in [5, 5.41) is 9.48. The number of nitrogens with zero attached hydrogens (tertiary/aromatic N) is 2. The minimum Gasteiger partial charge on any atom is -0.337 e. The quantitative estimate of drug-likeness (QED) is 0.862. The Kier molecular flexibility index (Phi) is 6.03. The van der Waals surface area contributed by atoms with Gasteiger partial charge in [-0.1, -0.05) is 18.2 Å². The lowest BCUT2D eigenvalue weighted by molar-refractivity contribution is 0.0640. The number of thiophene rings is 1. The molecule has 2 aromatic rings. The van der Waals surface area contributed by atoms with Crippen molar-refractivity contribution in [3.05, 3.63) is 52.7 Å². The van der Waals surface area contributed by atoms with E-state index in [2.05, 4.69) is 15.5 Å². The molecule has 6 nitrogen and oxygen atoms in total. The van der Waals surface area contributed by atoms with Crippen molar-refractivity contribution in [2.45, 2.75) is 0 Å². The summed E-state index contributed by atoms with van der Waals surface area (Å²) in [5.74, 6) is 0.112. The number of piperazine rings is 1. The minimum absolute atomic E-state index is 0.112. The van der Waals surface area contributed by atoms with Crippen LogP contribution in [-0.2, 0) is 0 Å². The van der Waals surface area contributed by atoms with Crippen LogP contribution in [0.4, 0.5) is 10.5 Å². The molecule has 132 valence electrons. The zero-order valence-electron chi connectivity index (χ0n) is 14.0. The Balaban J connectivity index is 1.34. The number of urea groups is 1. The summed E-state index contributed by atoms with van der Waals surface area (Å²) in [7, 11) is 0. The van der Waals surface area contributed by atoms with Gasteiger partial charge in [0.25, 0.3) is 5.91 Å². The molecule has 1 aliphatic heterocycles. The molecule has 1 fully saturated rings. The molecule has 3 amide bonds. The van der Waals surface area contributed by atoms with Crippen molar-refractivity contribution >= 4 is 29.0 Å². The van der Waals surface area contributed by atoms with Gasteiger partial charge in [-0.2, -0.15) is 11.3 Å². The van der Waals surface area contributed by atoms with Crippen LogP contribution in [0.5, 0.6) is 0 Å². The molecular formula is C18H22N4O2S. The predicted octanol–water partition coefficient (Wildman–Crippen LogP) is 2.33. The Hall–Kier alpha value is -2.38. The van der Waals surface area contributed by atoms with Gasteiger partial charge in [-0.15, -0.1) is 0 Å². The number of anilines is 1. The molecule has 2 heterocycles. The summed E-state index contributed by atoms with van der Waals surface area (Å²) >= 11 is 1.54. The van der Waals surface area contributed by atoms with Crippen molar-refractivity contribution in [2.75, 3.05) is 44.6 Å². The number of hydrogen-bond donors (Lipinski definition) is 2. The maximum atomic E-state index is 12.3. The molecule has 0 saturated carbocycles. The molecule has 0 spiro atoms. The second-order valence-electron chi connectivity index (χ2n) is 5.89. The fraction of sp³-hybridized carbons (Fsp3) is 0.333. The average molecular weight is 358 g/mol. The average Bonchev–Trinajstić information content (AvgIpc) is 3.17. The maximum Gasteiger partial charge on any atom is 0.319 e. The SMILES string of the molecule is O=C(NCCN1CCN(C(=O)c2ccsc2)CC1)Nc1ccccc1. The first kappa shape index (κ1) is 17.4. The molecule has 0 atom stereocenters. The molecule has 0 unspecified atom stereocenters. The van der Waals surface area contributed by atoms with Gasteiger partial charge in [-0.3, -0.25) is 9.69 Å². The maximum absolute atomic E-state index is 12.3. The lowest BCUT2D eigenvalue weighted by Crippen LogP contribution is -2.50. The van der Waals surface area contributed by atoms with Crippen molar-refractivity contribution in [3.8, 4) is 0 Å². The second kappa shape index (κ2) is 8.64. The Morgan fingerprint density at radius 1 is 1.04 bits per heavy atom. The van der Waals surface area contributed by atoms with E-state index in [0.29, 0.717) is 6.54 Å². The zero-order chi connectivity index (χ0) is 17.5. The van der Waals surface area contributed by atoms with E-state index in [1.807, 2.05) is 52.1 Å².